The van der Waals surface area contributed by atoms with Gasteiger partial charge in [0.05, 0.1) is 4.92 Å². The standard InChI is InChI=1S/C9H14N4O3S/c14-3-1-4-17-5-2-10-9-11-6-8(7-12-9)13(15)16/h6-7,14H,1-5H2,(H,10,11,12). The Balaban J connectivity index is 2.21. The van der Waals surface area contributed by atoms with Crippen LogP contribution in [0.5, 0.6) is 0 Å². The van der Waals surface area contributed by atoms with E-state index in [1.54, 1.807) is 11.8 Å². The van der Waals surface area contributed by atoms with Crippen molar-refractivity contribution in [3.05, 3.63) is 22.5 Å². The highest BCUT2D eigenvalue weighted by molar-refractivity contribution is 7.99. The van der Waals surface area contributed by atoms with Crippen molar-refractivity contribution in [2.24, 2.45) is 0 Å². The maximum absolute atomic E-state index is 10.4. The van der Waals surface area contributed by atoms with Gasteiger partial charge in [-0.05, 0) is 12.2 Å². The molecule has 0 radical (unpaired) electrons. The van der Waals surface area contributed by atoms with Crippen molar-refractivity contribution < 1.29 is 10.0 Å². The van der Waals surface area contributed by atoms with Crippen LogP contribution < -0.4 is 5.32 Å². The third-order valence-electron chi connectivity index (χ3n) is 1.83. The highest BCUT2D eigenvalue weighted by atomic mass is 32.2. The Hall–Kier alpha value is -1.41. The van der Waals surface area contributed by atoms with E-state index in [1.165, 1.54) is 12.4 Å². The molecule has 8 heteroatoms. The fourth-order valence-corrected chi connectivity index (χ4v) is 1.79. The summed E-state index contributed by atoms with van der Waals surface area (Å²) in [5.41, 5.74) is -0.118. The lowest BCUT2D eigenvalue weighted by molar-refractivity contribution is -0.385. The molecule has 1 rings (SSSR count). The number of aliphatic hydroxyl groups excluding tert-OH is 1. The molecule has 0 bridgehead atoms. The quantitative estimate of drug-likeness (QED) is 0.406. The van der Waals surface area contributed by atoms with Crippen molar-refractivity contribution in [2.45, 2.75) is 6.42 Å². The van der Waals surface area contributed by atoms with Gasteiger partial charge in [0.1, 0.15) is 12.4 Å². The topological polar surface area (TPSA) is 101 Å². The molecule has 0 spiro atoms. The Kier molecular flexibility index (Phi) is 6.26. The van der Waals surface area contributed by atoms with Gasteiger partial charge in [0.25, 0.3) is 0 Å². The summed E-state index contributed by atoms with van der Waals surface area (Å²) in [7, 11) is 0. The molecule has 0 unspecified atom stereocenters. The molecule has 2 N–H and O–H groups in total. The van der Waals surface area contributed by atoms with Crippen LogP contribution in [0.2, 0.25) is 0 Å². The maximum atomic E-state index is 10.4. The average Bonchev–Trinajstić information content (AvgIpc) is 2.34. The van der Waals surface area contributed by atoms with Crippen molar-refractivity contribution in [2.75, 3.05) is 30.0 Å². The Morgan fingerprint density at radius 3 is 2.71 bits per heavy atom. The molecular weight excluding hydrogens is 244 g/mol. The van der Waals surface area contributed by atoms with E-state index < -0.39 is 4.92 Å². The summed E-state index contributed by atoms with van der Waals surface area (Å²) in [6.07, 6.45) is 3.14. The van der Waals surface area contributed by atoms with Gasteiger partial charge in [-0.2, -0.15) is 11.8 Å². The minimum Gasteiger partial charge on any atom is -0.396 e. The second kappa shape index (κ2) is 7.80. The Bertz CT molecular complexity index is 347. The molecular formula is C9H14N4O3S. The number of hydrogen-bond donors (Lipinski definition) is 2. The number of nitrogens with zero attached hydrogens (tertiary/aromatic N) is 3. The number of nitrogens with one attached hydrogen (secondary N) is 1. The first kappa shape index (κ1) is 13.7. The number of hydrogen-bond acceptors (Lipinski definition) is 7. The number of thioether (sulfide) groups is 1. The zero-order valence-electron chi connectivity index (χ0n) is 9.20. The first-order valence-corrected chi connectivity index (χ1v) is 6.28. The van der Waals surface area contributed by atoms with Gasteiger partial charge in [-0.1, -0.05) is 0 Å². The smallest absolute Gasteiger partial charge is 0.305 e. The molecule has 1 aromatic rings. The molecule has 0 saturated heterocycles. The molecule has 0 fully saturated rings. The van der Waals surface area contributed by atoms with Crippen LogP contribution in [0.4, 0.5) is 11.6 Å². The lowest BCUT2D eigenvalue weighted by Gasteiger charge is -2.03. The Morgan fingerprint density at radius 1 is 1.41 bits per heavy atom. The third kappa shape index (κ3) is 5.45. The predicted octanol–water partition coefficient (Wildman–Crippen LogP) is 0.912. The fraction of sp³-hybridized carbons (Fsp3) is 0.556. The third-order valence-corrected chi connectivity index (χ3v) is 2.90. The van der Waals surface area contributed by atoms with Crippen LogP contribution in [0.3, 0.4) is 0 Å². The summed E-state index contributed by atoms with van der Waals surface area (Å²) in [5.74, 6) is 2.18. The van der Waals surface area contributed by atoms with Gasteiger partial charge in [-0.25, -0.2) is 9.97 Å². The Labute approximate surface area is 103 Å². The molecule has 1 heterocycles. The van der Waals surface area contributed by atoms with Gasteiger partial charge in [-0.3, -0.25) is 10.1 Å². The van der Waals surface area contributed by atoms with E-state index >= 15 is 0 Å². The number of aliphatic hydroxyl groups is 1. The van der Waals surface area contributed by atoms with Crippen LogP contribution in [0, 0.1) is 10.1 Å². The highest BCUT2D eigenvalue weighted by Crippen LogP contribution is 2.08. The molecule has 1 aromatic heterocycles. The largest absolute Gasteiger partial charge is 0.396 e. The first-order valence-electron chi connectivity index (χ1n) is 5.13. The SMILES string of the molecule is O=[N+]([O-])c1cnc(NCCSCCCO)nc1. The molecule has 0 aromatic carbocycles. The van der Waals surface area contributed by atoms with E-state index in [0.29, 0.717) is 12.5 Å². The minimum absolute atomic E-state index is 0.118. The van der Waals surface area contributed by atoms with Crippen molar-refractivity contribution >= 4 is 23.4 Å². The number of anilines is 1. The monoisotopic (exact) mass is 258 g/mol. The van der Waals surface area contributed by atoms with Gasteiger partial charge in [-0.15, -0.1) is 0 Å². The van der Waals surface area contributed by atoms with Gasteiger partial charge in [0.2, 0.25) is 5.95 Å². The van der Waals surface area contributed by atoms with Crippen LogP contribution in [0.15, 0.2) is 12.4 Å². The first-order chi connectivity index (χ1) is 8.24. The van der Waals surface area contributed by atoms with Gasteiger partial charge < -0.3 is 10.4 Å². The van der Waals surface area contributed by atoms with E-state index in [1.807, 2.05) is 0 Å². The van der Waals surface area contributed by atoms with Crippen molar-refractivity contribution in [1.29, 1.82) is 0 Å². The zero-order valence-corrected chi connectivity index (χ0v) is 10.0. The molecule has 0 atom stereocenters. The summed E-state index contributed by atoms with van der Waals surface area (Å²) in [6.45, 7) is 0.903. The van der Waals surface area contributed by atoms with Crippen molar-refractivity contribution in [3.63, 3.8) is 0 Å². The van der Waals surface area contributed by atoms with Crippen LogP contribution in [0.25, 0.3) is 0 Å². The lowest BCUT2D eigenvalue weighted by atomic mass is 10.5. The number of nitro groups is 1. The molecule has 0 aliphatic heterocycles. The summed E-state index contributed by atoms with van der Waals surface area (Å²) in [5, 5.41) is 21.9. The van der Waals surface area contributed by atoms with Crippen LogP contribution in [-0.4, -0.2) is 44.7 Å². The van der Waals surface area contributed by atoms with Crippen LogP contribution >= 0.6 is 11.8 Å². The van der Waals surface area contributed by atoms with E-state index in [-0.39, 0.29) is 12.3 Å². The van der Waals surface area contributed by atoms with Crippen molar-refractivity contribution in [1.82, 2.24) is 9.97 Å². The van der Waals surface area contributed by atoms with E-state index in [0.717, 1.165) is 17.9 Å². The summed E-state index contributed by atoms with van der Waals surface area (Å²) in [4.78, 5) is 17.5. The van der Waals surface area contributed by atoms with Crippen LogP contribution in [-0.2, 0) is 0 Å². The van der Waals surface area contributed by atoms with Gasteiger partial charge >= 0.3 is 5.69 Å². The summed E-state index contributed by atoms with van der Waals surface area (Å²) in [6, 6.07) is 0. The van der Waals surface area contributed by atoms with E-state index in [2.05, 4.69) is 15.3 Å². The van der Waals surface area contributed by atoms with Crippen molar-refractivity contribution in [3.8, 4) is 0 Å². The van der Waals surface area contributed by atoms with Gasteiger partial charge in [0, 0.05) is 18.9 Å². The fourth-order valence-electron chi connectivity index (χ4n) is 1.01. The minimum atomic E-state index is -0.533. The molecule has 94 valence electrons. The predicted molar refractivity (Wildman–Crippen MR) is 66.2 cm³/mol. The molecule has 0 aliphatic carbocycles. The number of rotatable bonds is 8. The summed E-state index contributed by atoms with van der Waals surface area (Å²) >= 11 is 1.72. The van der Waals surface area contributed by atoms with E-state index in [4.69, 9.17) is 5.11 Å². The zero-order chi connectivity index (χ0) is 12.5. The normalized spacial score (nSPS) is 10.2. The summed E-state index contributed by atoms with van der Waals surface area (Å²) < 4.78 is 0. The molecule has 0 saturated carbocycles. The molecule has 0 amide bonds. The molecule has 17 heavy (non-hydrogen) atoms. The average molecular weight is 258 g/mol. The second-order valence-electron chi connectivity index (χ2n) is 3.14. The molecule has 7 nitrogen and oxygen atoms in total. The van der Waals surface area contributed by atoms with Crippen LogP contribution in [0.1, 0.15) is 6.42 Å². The Morgan fingerprint density at radius 2 is 2.12 bits per heavy atom. The molecule has 0 aliphatic rings. The maximum Gasteiger partial charge on any atom is 0.305 e. The van der Waals surface area contributed by atoms with Gasteiger partial charge in [0.15, 0.2) is 0 Å². The number of aromatic nitrogens is 2. The second-order valence-corrected chi connectivity index (χ2v) is 4.36. The highest BCUT2D eigenvalue weighted by Gasteiger charge is 2.05. The van der Waals surface area contributed by atoms with E-state index in [9.17, 15) is 10.1 Å². The lowest BCUT2D eigenvalue weighted by Crippen LogP contribution is -2.08.